The zero-order valence-corrected chi connectivity index (χ0v) is 9.38. The van der Waals surface area contributed by atoms with E-state index in [1.807, 2.05) is 11.9 Å². The third kappa shape index (κ3) is 2.98. The Morgan fingerprint density at radius 3 is 2.50 bits per heavy atom. The monoisotopic (exact) mass is 198 g/mol. The van der Waals surface area contributed by atoms with Gasteiger partial charge in [-0.05, 0) is 32.7 Å². The molecule has 3 heteroatoms. The number of carbonyl (C=O) groups is 1. The second kappa shape index (κ2) is 6.02. The molecule has 1 saturated heterocycles. The van der Waals surface area contributed by atoms with Crippen LogP contribution in [-0.4, -0.2) is 37.5 Å². The molecule has 14 heavy (non-hydrogen) atoms. The molecule has 0 bridgehead atoms. The number of hydrogen-bond acceptors (Lipinski definition) is 2. The number of hydrogen-bond donors (Lipinski definition) is 1. The van der Waals surface area contributed by atoms with Gasteiger partial charge < -0.3 is 10.2 Å². The fourth-order valence-corrected chi connectivity index (χ4v) is 2.03. The summed E-state index contributed by atoms with van der Waals surface area (Å²) in [5.41, 5.74) is 0. The first-order chi connectivity index (χ1) is 6.79. The lowest BCUT2D eigenvalue weighted by molar-refractivity contribution is -0.136. The summed E-state index contributed by atoms with van der Waals surface area (Å²) in [6.45, 7) is 4.84. The zero-order chi connectivity index (χ0) is 10.4. The summed E-state index contributed by atoms with van der Waals surface area (Å²) >= 11 is 0. The van der Waals surface area contributed by atoms with Crippen molar-refractivity contribution in [1.29, 1.82) is 0 Å². The van der Waals surface area contributed by atoms with Gasteiger partial charge >= 0.3 is 0 Å². The number of nitrogens with one attached hydrogen (secondary N) is 1. The molecule has 1 unspecified atom stereocenters. The van der Waals surface area contributed by atoms with E-state index in [0.717, 1.165) is 26.1 Å². The number of carbonyl (C=O) groups excluding carboxylic acids is 1. The van der Waals surface area contributed by atoms with E-state index in [4.69, 9.17) is 0 Å². The lowest BCUT2D eigenvalue weighted by Gasteiger charge is -2.30. The molecule has 82 valence electrons. The largest absolute Gasteiger partial charge is 0.342 e. The van der Waals surface area contributed by atoms with Gasteiger partial charge in [-0.3, -0.25) is 4.79 Å². The van der Waals surface area contributed by atoms with E-state index in [1.54, 1.807) is 0 Å². The maximum absolute atomic E-state index is 12.0. The molecule has 1 atom stereocenters. The summed E-state index contributed by atoms with van der Waals surface area (Å²) in [5.74, 6) is 0.527. The van der Waals surface area contributed by atoms with E-state index < -0.39 is 0 Å². The first-order valence-electron chi connectivity index (χ1n) is 5.73. The van der Waals surface area contributed by atoms with Gasteiger partial charge in [0.1, 0.15) is 0 Å². The molecule has 1 rings (SSSR count). The van der Waals surface area contributed by atoms with Crippen LogP contribution < -0.4 is 5.32 Å². The molecule has 1 N–H and O–H groups in total. The SMILES string of the molecule is CCC(CNC)C(=O)N1CCCCC1. The number of amides is 1. The molecule has 3 nitrogen and oxygen atoms in total. The number of rotatable bonds is 4. The highest BCUT2D eigenvalue weighted by molar-refractivity contribution is 5.79. The Morgan fingerprint density at radius 1 is 1.36 bits per heavy atom. The lowest BCUT2D eigenvalue weighted by Crippen LogP contribution is -2.42. The first kappa shape index (κ1) is 11.5. The van der Waals surface area contributed by atoms with Crippen LogP contribution in [0.4, 0.5) is 0 Å². The van der Waals surface area contributed by atoms with Crippen LogP contribution in [0, 0.1) is 5.92 Å². The van der Waals surface area contributed by atoms with Gasteiger partial charge in [0, 0.05) is 19.6 Å². The summed E-state index contributed by atoms with van der Waals surface area (Å²) in [6, 6.07) is 0. The molecular formula is C11H22N2O. The highest BCUT2D eigenvalue weighted by atomic mass is 16.2. The Kier molecular flexibility index (Phi) is 4.94. The van der Waals surface area contributed by atoms with Crippen molar-refractivity contribution in [2.45, 2.75) is 32.6 Å². The minimum atomic E-state index is 0.179. The van der Waals surface area contributed by atoms with Crippen molar-refractivity contribution in [1.82, 2.24) is 10.2 Å². The van der Waals surface area contributed by atoms with Gasteiger partial charge in [-0.25, -0.2) is 0 Å². The Balaban J connectivity index is 2.43. The van der Waals surface area contributed by atoms with E-state index in [-0.39, 0.29) is 5.92 Å². The number of nitrogens with zero attached hydrogens (tertiary/aromatic N) is 1. The van der Waals surface area contributed by atoms with E-state index in [1.165, 1.54) is 19.3 Å². The van der Waals surface area contributed by atoms with Crippen molar-refractivity contribution in [3.05, 3.63) is 0 Å². The molecule has 1 aliphatic heterocycles. The van der Waals surface area contributed by atoms with Gasteiger partial charge in [0.05, 0.1) is 5.92 Å². The van der Waals surface area contributed by atoms with Crippen LogP contribution in [0.3, 0.4) is 0 Å². The molecule has 0 spiro atoms. The van der Waals surface area contributed by atoms with Crippen LogP contribution in [0.1, 0.15) is 32.6 Å². The second-order valence-electron chi connectivity index (χ2n) is 4.05. The van der Waals surface area contributed by atoms with Gasteiger partial charge in [0.25, 0.3) is 0 Å². The minimum absolute atomic E-state index is 0.179. The smallest absolute Gasteiger partial charge is 0.226 e. The molecule has 0 aromatic rings. The predicted molar refractivity (Wildman–Crippen MR) is 58.1 cm³/mol. The molecule has 1 heterocycles. The third-order valence-corrected chi connectivity index (χ3v) is 2.96. The van der Waals surface area contributed by atoms with Gasteiger partial charge in [0.2, 0.25) is 5.91 Å². The van der Waals surface area contributed by atoms with Crippen LogP contribution in [-0.2, 0) is 4.79 Å². The maximum Gasteiger partial charge on any atom is 0.226 e. The molecule has 1 fully saturated rings. The van der Waals surface area contributed by atoms with Crippen molar-refractivity contribution in [2.75, 3.05) is 26.7 Å². The van der Waals surface area contributed by atoms with Crippen LogP contribution >= 0.6 is 0 Å². The maximum atomic E-state index is 12.0. The normalized spacial score (nSPS) is 19.4. The van der Waals surface area contributed by atoms with Crippen LogP contribution in [0.5, 0.6) is 0 Å². The molecule has 1 aliphatic rings. The van der Waals surface area contributed by atoms with Crippen molar-refractivity contribution in [3.63, 3.8) is 0 Å². The summed E-state index contributed by atoms with van der Waals surface area (Å²) in [6.07, 6.45) is 4.59. The Hall–Kier alpha value is -0.570. The van der Waals surface area contributed by atoms with Crippen molar-refractivity contribution in [2.24, 2.45) is 5.92 Å². The number of likely N-dealkylation sites (tertiary alicyclic amines) is 1. The van der Waals surface area contributed by atoms with Gasteiger partial charge in [0.15, 0.2) is 0 Å². The molecule has 0 aliphatic carbocycles. The molecule has 0 aromatic carbocycles. The molecule has 1 amide bonds. The summed E-state index contributed by atoms with van der Waals surface area (Å²) in [5, 5.41) is 3.09. The lowest BCUT2D eigenvalue weighted by atomic mass is 10.0. The van der Waals surface area contributed by atoms with Crippen molar-refractivity contribution in [3.8, 4) is 0 Å². The zero-order valence-electron chi connectivity index (χ0n) is 9.38. The summed E-state index contributed by atoms with van der Waals surface area (Å²) in [4.78, 5) is 14.0. The average molecular weight is 198 g/mol. The summed E-state index contributed by atoms with van der Waals surface area (Å²) in [7, 11) is 1.91. The molecule has 0 aromatic heterocycles. The van der Waals surface area contributed by atoms with E-state index in [0.29, 0.717) is 5.91 Å². The Morgan fingerprint density at radius 2 is 2.00 bits per heavy atom. The van der Waals surface area contributed by atoms with Gasteiger partial charge in [-0.15, -0.1) is 0 Å². The average Bonchev–Trinajstić information content (AvgIpc) is 2.26. The predicted octanol–water partition coefficient (Wildman–Crippen LogP) is 1.24. The highest BCUT2D eigenvalue weighted by Gasteiger charge is 2.23. The highest BCUT2D eigenvalue weighted by Crippen LogP contribution is 2.13. The van der Waals surface area contributed by atoms with E-state index in [9.17, 15) is 4.79 Å². The number of piperidine rings is 1. The van der Waals surface area contributed by atoms with Gasteiger partial charge in [-0.1, -0.05) is 6.92 Å². The van der Waals surface area contributed by atoms with Crippen LogP contribution in [0.2, 0.25) is 0 Å². The standard InChI is InChI=1S/C11H22N2O/c1-3-10(9-12-2)11(14)13-7-5-4-6-8-13/h10,12H,3-9H2,1-2H3. The Bertz CT molecular complexity index is 169. The minimum Gasteiger partial charge on any atom is -0.342 e. The third-order valence-electron chi connectivity index (χ3n) is 2.96. The molecular weight excluding hydrogens is 176 g/mol. The summed E-state index contributed by atoms with van der Waals surface area (Å²) < 4.78 is 0. The van der Waals surface area contributed by atoms with Crippen molar-refractivity contribution >= 4 is 5.91 Å². The van der Waals surface area contributed by atoms with Crippen LogP contribution in [0.15, 0.2) is 0 Å². The fourth-order valence-electron chi connectivity index (χ4n) is 2.03. The second-order valence-corrected chi connectivity index (χ2v) is 4.05. The fraction of sp³-hybridized carbons (Fsp3) is 0.909. The van der Waals surface area contributed by atoms with E-state index >= 15 is 0 Å². The van der Waals surface area contributed by atoms with Gasteiger partial charge in [-0.2, -0.15) is 0 Å². The Labute approximate surface area is 86.9 Å². The topological polar surface area (TPSA) is 32.3 Å². The van der Waals surface area contributed by atoms with Crippen molar-refractivity contribution < 1.29 is 4.79 Å². The molecule has 0 radical (unpaired) electrons. The van der Waals surface area contributed by atoms with E-state index in [2.05, 4.69) is 12.2 Å². The quantitative estimate of drug-likeness (QED) is 0.737. The molecule has 0 saturated carbocycles. The van der Waals surface area contributed by atoms with Crippen LogP contribution in [0.25, 0.3) is 0 Å². The first-order valence-corrected chi connectivity index (χ1v) is 5.73.